The monoisotopic (exact) mass is 312 g/mol. The Morgan fingerprint density at radius 1 is 1.32 bits per heavy atom. The van der Waals surface area contributed by atoms with E-state index in [1.165, 1.54) is 0 Å². The molecule has 1 aliphatic rings. The first kappa shape index (κ1) is 16.9. The van der Waals surface area contributed by atoms with Gasteiger partial charge in [0.2, 0.25) is 0 Å². The normalized spacial score (nSPS) is 17.0. The van der Waals surface area contributed by atoms with Crippen LogP contribution in [0.3, 0.4) is 0 Å². The molecule has 122 valence electrons. The Kier molecular flexibility index (Phi) is 6.31. The maximum absolute atomic E-state index is 13.7. The van der Waals surface area contributed by atoms with Gasteiger partial charge in [-0.25, -0.2) is 8.78 Å². The van der Waals surface area contributed by atoms with Crippen molar-refractivity contribution in [1.29, 1.82) is 0 Å². The predicted octanol–water partition coefficient (Wildman–Crippen LogP) is 3.68. The fraction of sp³-hybridized carbons (Fsp3) is 0.588. The Morgan fingerprint density at radius 3 is 2.86 bits per heavy atom. The molecule has 0 saturated heterocycles. The summed E-state index contributed by atoms with van der Waals surface area (Å²) < 4.78 is 37.9. The molecule has 1 aromatic carbocycles. The first-order valence-electron chi connectivity index (χ1n) is 7.81. The molecule has 0 unspecified atom stereocenters. The van der Waals surface area contributed by atoms with Crippen LogP contribution in [0.15, 0.2) is 12.1 Å². The van der Waals surface area contributed by atoms with Crippen LogP contribution in [0.25, 0.3) is 0 Å². The average molecular weight is 312 g/mol. The predicted molar refractivity (Wildman–Crippen MR) is 79.0 cm³/mol. The first-order valence-corrected chi connectivity index (χ1v) is 7.81. The number of hydrogen-bond acceptors (Lipinski definition) is 3. The van der Waals surface area contributed by atoms with Crippen molar-refractivity contribution < 1.29 is 23.0 Å². The summed E-state index contributed by atoms with van der Waals surface area (Å²) in [5, 5.41) is 0. The molecule has 22 heavy (non-hydrogen) atoms. The van der Waals surface area contributed by atoms with E-state index in [4.69, 9.17) is 9.47 Å². The molecular formula is C17H22F2O3. The van der Waals surface area contributed by atoms with E-state index in [1.54, 1.807) is 0 Å². The molecule has 1 heterocycles. The SMILES string of the molecule is CCCCOCCC(=O)C[C@@H]1COc2c(F)ccc(F)c2C1. The number of fused-ring (bicyclic) bond motifs is 1. The number of carbonyl (C=O) groups is 1. The van der Waals surface area contributed by atoms with Crippen LogP contribution in [0.1, 0.15) is 38.2 Å². The molecule has 0 spiro atoms. The van der Waals surface area contributed by atoms with E-state index in [1.807, 2.05) is 0 Å². The maximum Gasteiger partial charge on any atom is 0.165 e. The van der Waals surface area contributed by atoms with E-state index >= 15 is 0 Å². The molecule has 1 aromatic rings. The summed E-state index contributed by atoms with van der Waals surface area (Å²) in [4.78, 5) is 11.9. The number of benzene rings is 1. The summed E-state index contributed by atoms with van der Waals surface area (Å²) in [6.07, 6.45) is 3.06. The first-order chi connectivity index (χ1) is 10.6. The van der Waals surface area contributed by atoms with E-state index in [9.17, 15) is 13.6 Å². The summed E-state index contributed by atoms with van der Waals surface area (Å²) in [5.74, 6) is -1.06. The fourth-order valence-electron chi connectivity index (χ4n) is 2.56. The van der Waals surface area contributed by atoms with Crippen LogP contribution in [0, 0.1) is 17.6 Å². The zero-order chi connectivity index (χ0) is 15.9. The summed E-state index contributed by atoms with van der Waals surface area (Å²) >= 11 is 0. The summed E-state index contributed by atoms with van der Waals surface area (Å²) in [6.45, 7) is 3.42. The van der Waals surface area contributed by atoms with Crippen LogP contribution in [0.5, 0.6) is 5.75 Å². The third-order valence-electron chi connectivity index (χ3n) is 3.80. The second-order valence-corrected chi connectivity index (χ2v) is 5.68. The molecule has 1 aliphatic heterocycles. The number of rotatable bonds is 8. The lowest BCUT2D eigenvalue weighted by Gasteiger charge is -2.25. The van der Waals surface area contributed by atoms with Gasteiger partial charge in [0.05, 0.1) is 13.2 Å². The lowest BCUT2D eigenvalue weighted by Crippen LogP contribution is -2.25. The molecule has 3 nitrogen and oxygen atoms in total. The van der Waals surface area contributed by atoms with Crippen molar-refractivity contribution in [2.24, 2.45) is 5.92 Å². The Balaban J connectivity index is 1.80. The molecule has 0 saturated carbocycles. The van der Waals surface area contributed by atoms with Crippen LogP contribution in [0.2, 0.25) is 0 Å². The molecule has 0 bridgehead atoms. The van der Waals surface area contributed by atoms with Gasteiger partial charge in [-0.2, -0.15) is 0 Å². The van der Waals surface area contributed by atoms with E-state index in [0.717, 1.165) is 25.0 Å². The molecule has 5 heteroatoms. The molecule has 0 N–H and O–H groups in total. The van der Waals surface area contributed by atoms with Crippen LogP contribution in [-0.2, 0) is 16.0 Å². The number of halogens is 2. The van der Waals surface area contributed by atoms with Gasteiger partial charge in [-0.1, -0.05) is 13.3 Å². The Labute approximate surface area is 129 Å². The largest absolute Gasteiger partial charge is 0.490 e. The Hall–Kier alpha value is -1.49. The van der Waals surface area contributed by atoms with Crippen molar-refractivity contribution in [3.63, 3.8) is 0 Å². The highest BCUT2D eigenvalue weighted by molar-refractivity contribution is 5.78. The summed E-state index contributed by atoms with van der Waals surface area (Å²) in [5.41, 5.74) is 0.239. The van der Waals surface area contributed by atoms with Crippen molar-refractivity contribution >= 4 is 5.78 Å². The molecule has 0 amide bonds. The van der Waals surface area contributed by atoms with Crippen molar-refractivity contribution in [2.45, 2.75) is 39.0 Å². The van der Waals surface area contributed by atoms with Crippen LogP contribution < -0.4 is 4.74 Å². The van der Waals surface area contributed by atoms with E-state index < -0.39 is 11.6 Å². The van der Waals surface area contributed by atoms with Gasteiger partial charge in [-0.15, -0.1) is 0 Å². The summed E-state index contributed by atoms with van der Waals surface area (Å²) in [7, 11) is 0. The molecule has 2 rings (SSSR count). The lowest BCUT2D eigenvalue weighted by atomic mass is 9.91. The second-order valence-electron chi connectivity index (χ2n) is 5.68. The fourth-order valence-corrected chi connectivity index (χ4v) is 2.56. The molecule has 1 atom stereocenters. The topological polar surface area (TPSA) is 35.5 Å². The molecule has 0 fully saturated rings. The average Bonchev–Trinajstić information content (AvgIpc) is 2.51. The van der Waals surface area contributed by atoms with Crippen LogP contribution in [0.4, 0.5) is 8.78 Å². The highest BCUT2D eigenvalue weighted by Crippen LogP contribution is 2.33. The minimum Gasteiger partial charge on any atom is -0.490 e. The zero-order valence-electron chi connectivity index (χ0n) is 12.9. The van der Waals surface area contributed by atoms with Crippen molar-refractivity contribution in [1.82, 2.24) is 0 Å². The number of carbonyl (C=O) groups excluding carboxylic acids is 1. The molecular weight excluding hydrogens is 290 g/mol. The summed E-state index contributed by atoms with van der Waals surface area (Å²) in [6, 6.07) is 2.16. The standard InChI is InChI=1S/C17H22F2O3/c1-2-3-7-21-8-6-13(20)9-12-10-14-15(18)4-5-16(19)17(14)22-11-12/h4-5,12H,2-3,6-11H2,1H3/t12-/m0/s1. The van der Waals surface area contributed by atoms with E-state index in [0.29, 0.717) is 32.5 Å². The van der Waals surface area contributed by atoms with Gasteiger partial charge in [-0.3, -0.25) is 4.79 Å². The number of unbranched alkanes of at least 4 members (excludes halogenated alkanes) is 1. The number of ketones is 1. The number of hydrogen-bond donors (Lipinski definition) is 0. The zero-order valence-corrected chi connectivity index (χ0v) is 12.9. The highest BCUT2D eigenvalue weighted by atomic mass is 19.1. The Morgan fingerprint density at radius 2 is 2.09 bits per heavy atom. The van der Waals surface area contributed by atoms with Gasteiger partial charge in [0, 0.05) is 30.9 Å². The Bertz CT molecular complexity index is 517. The minimum atomic E-state index is -0.550. The van der Waals surface area contributed by atoms with Gasteiger partial charge >= 0.3 is 0 Å². The number of Topliss-reactive ketones (excluding diaryl/α,β-unsaturated/α-hetero) is 1. The van der Waals surface area contributed by atoms with Crippen LogP contribution in [-0.4, -0.2) is 25.6 Å². The second kappa shape index (κ2) is 8.22. The lowest BCUT2D eigenvalue weighted by molar-refractivity contribution is -0.121. The molecule has 0 aromatic heterocycles. The van der Waals surface area contributed by atoms with Gasteiger partial charge < -0.3 is 9.47 Å². The van der Waals surface area contributed by atoms with Gasteiger partial charge in [0.25, 0.3) is 0 Å². The van der Waals surface area contributed by atoms with Gasteiger partial charge in [0.15, 0.2) is 11.6 Å². The van der Waals surface area contributed by atoms with Crippen molar-refractivity contribution in [3.05, 3.63) is 29.3 Å². The minimum absolute atomic E-state index is 0.00778. The smallest absolute Gasteiger partial charge is 0.165 e. The van der Waals surface area contributed by atoms with Crippen molar-refractivity contribution in [2.75, 3.05) is 19.8 Å². The number of ether oxygens (including phenoxy) is 2. The third kappa shape index (κ3) is 4.50. The molecule has 0 radical (unpaired) electrons. The van der Waals surface area contributed by atoms with Crippen molar-refractivity contribution in [3.8, 4) is 5.75 Å². The highest BCUT2D eigenvalue weighted by Gasteiger charge is 2.26. The molecule has 0 aliphatic carbocycles. The van der Waals surface area contributed by atoms with Gasteiger partial charge in [0.1, 0.15) is 11.6 Å². The van der Waals surface area contributed by atoms with E-state index in [-0.39, 0.29) is 29.6 Å². The third-order valence-corrected chi connectivity index (χ3v) is 3.80. The van der Waals surface area contributed by atoms with E-state index in [2.05, 4.69) is 6.92 Å². The van der Waals surface area contributed by atoms with Crippen LogP contribution >= 0.6 is 0 Å². The quantitative estimate of drug-likeness (QED) is 0.687. The van der Waals surface area contributed by atoms with Gasteiger partial charge in [-0.05, 0) is 25.0 Å². The maximum atomic E-state index is 13.7.